The van der Waals surface area contributed by atoms with Crippen LogP contribution in [0.5, 0.6) is 0 Å². The van der Waals surface area contributed by atoms with E-state index >= 15 is 0 Å². The van der Waals surface area contributed by atoms with Crippen LogP contribution < -0.4 is 5.32 Å². The molecule has 3 rings (SSSR count). The zero-order valence-electron chi connectivity index (χ0n) is 14.6. The van der Waals surface area contributed by atoms with Crippen LogP contribution in [0, 0.1) is 6.92 Å². The lowest BCUT2D eigenvalue weighted by Gasteiger charge is -2.13. The summed E-state index contributed by atoms with van der Waals surface area (Å²) in [6, 6.07) is 10.4. The highest BCUT2D eigenvalue weighted by Crippen LogP contribution is 2.26. The van der Waals surface area contributed by atoms with E-state index in [0.717, 1.165) is 0 Å². The van der Waals surface area contributed by atoms with Crippen molar-refractivity contribution in [1.82, 2.24) is 9.97 Å². The van der Waals surface area contributed by atoms with Crippen molar-refractivity contribution in [3.05, 3.63) is 59.5 Å². The predicted octanol–water partition coefficient (Wildman–Crippen LogP) is 4.22. The molecule has 0 aliphatic carbocycles. The fourth-order valence-corrected chi connectivity index (χ4v) is 3.18. The van der Waals surface area contributed by atoms with Crippen LogP contribution in [0.2, 0.25) is 0 Å². The SMILES string of the molecule is CSc1nc(-c2ccco2)nc(C)c1C(=O)Nc1ccccc1C(C)=O. The molecule has 2 heterocycles. The van der Waals surface area contributed by atoms with Crippen molar-refractivity contribution in [2.24, 2.45) is 0 Å². The average Bonchev–Trinajstić information content (AvgIpc) is 3.15. The molecule has 0 radical (unpaired) electrons. The summed E-state index contributed by atoms with van der Waals surface area (Å²) in [6.07, 6.45) is 3.39. The van der Waals surface area contributed by atoms with E-state index in [0.29, 0.717) is 39.1 Å². The minimum atomic E-state index is -0.355. The van der Waals surface area contributed by atoms with Crippen LogP contribution in [-0.4, -0.2) is 27.9 Å². The molecular formula is C19H17N3O3S. The summed E-state index contributed by atoms with van der Waals surface area (Å²) < 4.78 is 5.34. The van der Waals surface area contributed by atoms with Crippen LogP contribution in [0.15, 0.2) is 52.1 Å². The Bertz CT molecular complexity index is 968. The molecule has 0 atom stereocenters. The van der Waals surface area contributed by atoms with Crippen LogP contribution in [0.3, 0.4) is 0 Å². The van der Waals surface area contributed by atoms with Crippen molar-refractivity contribution in [1.29, 1.82) is 0 Å². The van der Waals surface area contributed by atoms with Crippen LogP contribution in [0.4, 0.5) is 5.69 Å². The number of furan rings is 1. The topological polar surface area (TPSA) is 85.1 Å². The number of nitrogens with zero attached hydrogens (tertiary/aromatic N) is 2. The van der Waals surface area contributed by atoms with Crippen molar-refractivity contribution in [3.63, 3.8) is 0 Å². The number of thioether (sulfide) groups is 1. The lowest BCUT2D eigenvalue weighted by atomic mass is 10.1. The van der Waals surface area contributed by atoms with Gasteiger partial charge in [0.1, 0.15) is 5.03 Å². The van der Waals surface area contributed by atoms with E-state index in [4.69, 9.17) is 4.42 Å². The number of carbonyl (C=O) groups excluding carboxylic acids is 2. The maximum Gasteiger partial charge on any atom is 0.260 e. The van der Waals surface area contributed by atoms with Gasteiger partial charge in [0.15, 0.2) is 17.4 Å². The van der Waals surface area contributed by atoms with Crippen LogP contribution in [0.1, 0.15) is 33.3 Å². The van der Waals surface area contributed by atoms with Gasteiger partial charge in [0, 0.05) is 5.56 Å². The first-order valence-corrected chi connectivity index (χ1v) is 9.11. The van der Waals surface area contributed by atoms with Gasteiger partial charge >= 0.3 is 0 Å². The molecule has 0 saturated heterocycles. The Morgan fingerprint density at radius 2 is 1.88 bits per heavy atom. The van der Waals surface area contributed by atoms with Gasteiger partial charge in [0.05, 0.1) is 23.2 Å². The summed E-state index contributed by atoms with van der Waals surface area (Å²) in [4.78, 5) is 33.5. The molecule has 1 amide bonds. The number of amides is 1. The summed E-state index contributed by atoms with van der Waals surface area (Å²) in [6.45, 7) is 3.21. The Hall–Kier alpha value is -2.93. The predicted molar refractivity (Wildman–Crippen MR) is 101 cm³/mol. The number of ketones is 1. The minimum absolute atomic E-state index is 0.118. The second-order valence-corrected chi connectivity index (χ2v) is 6.35. The van der Waals surface area contributed by atoms with E-state index in [9.17, 15) is 9.59 Å². The van der Waals surface area contributed by atoms with Gasteiger partial charge in [-0.2, -0.15) is 0 Å². The zero-order chi connectivity index (χ0) is 18.7. The van der Waals surface area contributed by atoms with E-state index in [-0.39, 0.29) is 11.7 Å². The van der Waals surface area contributed by atoms with Crippen molar-refractivity contribution in [2.75, 3.05) is 11.6 Å². The summed E-state index contributed by atoms with van der Waals surface area (Å²) >= 11 is 1.35. The monoisotopic (exact) mass is 367 g/mol. The number of aryl methyl sites for hydroxylation is 1. The van der Waals surface area contributed by atoms with E-state index in [1.54, 1.807) is 49.6 Å². The number of rotatable bonds is 5. The maximum atomic E-state index is 12.8. The molecule has 0 aliphatic heterocycles. The third-order valence-corrected chi connectivity index (χ3v) is 4.46. The van der Waals surface area contributed by atoms with E-state index in [1.807, 2.05) is 6.26 Å². The number of para-hydroxylation sites is 1. The van der Waals surface area contributed by atoms with Gasteiger partial charge in [-0.05, 0) is 44.4 Å². The molecule has 0 fully saturated rings. The van der Waals surface area contributed by atoms with E-state index in [2.05, 4.69) is 15.3 Å². The normalized spacial score (nSPS) is 10.6. The van der Waals surface area contributed by atoms with Gasteiger partial charge in [-0.25, -0.2) is 9.97 Å². The van der Waals surface area contributed by atoms with Gasteiger partial charge in [0.25, 0.3) is 5.91 Å². The van der Waals surface area contributed by atoms with Crippen LogP contribution >= 0.6 is 11.8 Å². The highest BCUT2D eigenvalue weighted by Gasteiger charge is 2.21. The fraction of sp³-hybridized carbons (Fsp3) is 0.158. The van der Waals surface area contributed by atoms with Crippen molar-refractivity contribution < 1.29 is 14.0 Å². The lowest BCUT2D eigenvalue weighted by molar-refractivity contribution is 0.101. The standard InChI is InChI=1S/C19H17N3O3S/c1-11-16(18(24)21-14-8-5-4-7-13(14)12(2)23)19(26-3)22-17(20-11)15-9-6-10-25-15/h4-10H,1-3H3,(H,21,24). The third kappa shape index (κ3) is 3.52. The molecule has 0 spiro atoms. The summed E-state index contributed by atoms with van der Waals surface area (Å²) in [5.74, 6) is 0.494. The lowest BCUT2D eigenvalue weighted by Crippen LogP contribution is -2.18. The highest BCUT2D eigenvalue weighted by molar-refractivity contribution is 7.98. The number of hydrogen-bond acceptors (Lipinski definition) is 6. The molecule has 0 saturated carbocycles. The van der Waals surface area contributed by atoms with Gasteiger partial charge < -0.3 is 9.73 Å². The highest BCUT2D eigenvalue weighted by atomic mass is 32.2. The molecule has 2 aromatic heterocycles. The number of carbonyl (C=O) groups is 2. The van der Waals surface area contributed by atoms with Crippen molar-refractivity contribution in [3.8, 4) is 11.6 Å². The molecule has 1 N–H and O–H groups in total. The second-order valence-electron chi connectivity index (χ2n) is 5.55. The number of hydrogen-bond donors (Lipinski definition) is 1. The molecular weight excluding hydrogens is 350 g/mol. The molecule has 132 valence electrons. The first-order valence-electron chi connectivity index (χ1n) is 7.89. The summed E-state index contributed by atoms with van der Waals surface area (Å²) in [7, 11) is 0. The number of anilines is 1. The smallest absolute Gasteiger partial charge is 0.260 e. The summed E-state index contributed by atoms with van der Waals surface area (Å²) in [5, 5.41) is 3.34. The van der Waals surface area contributed by atoms with Crippen LogP contribution in [0.25, 0.3) is 11.6 Å². The zero-order valence-corrected chi connectivity index (χ0v) is 15.4. The molecule has 6 nitrogen and oxygen atoms in total. The number of aromatic nitrogens is 2. The van der Waals surface area contributed by atoms with Gasteiger partial charge in [0.2, 0.25) is 0 Å². The largest absolute Gasteiger partial charge is 0.461 e. The first kappa shape index (κ1) is 17.9. The van der Waals surface area contributed by atoms with Gasteiger partial charge in [-0.1, -0.05) is 12.1 Å². The number of benzene rings is 1. The Morgan fingerprint density at radius 1 is 1.12 bits per heavy atom. The molecule has 0 bridgehead atoms. The third-order valence-electron chi connectivity index (χ3n) is 3.77. The number of Topliss-reactive ketones (excluding diaryl/α,β-unsaturated/α-hetero) is 1. The van der Waals surface area contributed by atoms with Crippen molar-refractivity contribution in [2.45, 2.75) is 18.9 Å². The molecule has 0 aliphatic rings. The fourth-order valence-electron chi connectivity index (χ4n) is 2.56. The number of nitrogens with one attached hydrogen (secondary N) is 1. The van der Waals surface area contributed by atoms with Crippen LogP contribution in [-0.2, 0) is 0 Å². The Morgan fingerprint density at radius 3 is 2.54 bits per heavy atom. The minimum Gasteiger partial charge on any atom is -0.461 e. The van der Waals surface area contributed by atoms with Gasteiger partial charge in [-0.15, -0.1) is 11.8 Å². The van der Waals surface area contributed by atoms with Gasteiger partial charge in [-0.3, -0.25) is 9.59 Å². The second kappa shape index (κ2) is 7.53. The molecule has 1 aromatic carbocycles. The van der Waals surface area contributed by atoms with E-state index < -0.39 is 0 Å². The van der Waals surface area contributed by atoms with Crippen molar-refractivity contribution >= 4 is 29.1 Å². The Balaban J connectivity index is 1.99. The molecule has 3 aromatic rings. The Kier molecular flexibility index (Phi) is 5.18. The molecule has 26 heavy (non-hydrogen) atoms. The first-order chi connectivity index (χ1) is 12.5. The summed E-state index contributed by atoms with van der Waals surface area (Å²) in [5.41, 5.74) is 1.84. The maximum absolute atomic E-state index is 12.8. The van der Waals surface area contributed by atoms with E-state index in [1.165, 1.54) is 18.7 Å². The molecule has 0 unspecified atom stereocenters. The average molecular weight is 367 g/mol. The molecule has 7 heteroatoms. The Labute approximate surface area is 155 Å². The quantitative estimate of drug-likeness (QED) is 0.413.